The minimum atomic E-state index is -3.50. The molecule has 1 N–H and O–H groups in total. The molecular formula is C22H28N2O3S2. The number of hydrogen-bond acceptors (Lipinski definition) is 4. The molecule has 2 aromatic carbocycles. The first-order valence-corrected chi connectivity index (χ1v) is 12.6. The third-order valence-corrected chi connectivity index (χ3v) is 7.96. The largest absolute Gasteiger partial charge is 0.356 e. The van der Waals surface area contributed by atoms with Crippen molar-refractivity contribution in [3.63, 3.8) is 0 Å². The summed E-state index contributed by atoms with van der Waals surface area (Å²) in [7, 11) is -3.50. The number of thioether (sulfide) groups is 1. The first-order valence-electron chi connectivity index (χ1n) is 9.96. The van der Waals surface area contributed by atoms with Gasteiger partial charge in [0.1, 0.15) is 0 Å². The summed E-state index contributed by atoms with van der Waals surface area (Å²) in [6.07, 6.45) is 4.92. The van der Waals surface area contributed by atoms with Gasteiger partial charge in [-0.2, -0.15) is 4.31 Å². The Morgan fingerprint density at radius 3 is 2.34 bits per heavy atom. The predicted molar refractivity (Wildman–Crippen MR) is 117 cm³/mol. The molecule has 0 bridgehead atoms. The lowest BCUT2D eigenvalue weighted by molar-refractivity contribution is -0.126. The summed E-state index contributed by atoms with van der Waals surface area (Å²) in [6, 6.07) is 17.2. The number of nitrogens with one attached hydrogen (secondary N) is 1. The fraction of sp³-hybridized carbons (Fsp3) is 0.409. The van der Waals surface area contributed by atoms with Crippen LogP contribution in [0.1, 0.15) is 24.8 Å². The van der Waals surface area contributed by atoms with Gasteiger partial charge in [0.2, 0.25) is 15.9 Å². The van der Waals surface area contributed by atoms with Crippen LogP contribution in [0, 0.1) is 5.92 Å². The van der Waals surface area contributed by atoms with Crippen LogP contribution in [0.5, 0.6) is 0 Å². The van der Waals surface area contributed by atoms with Gasteiger partial charge < -0.3 is 5.32 Å². The second-order valence-electron chi connectivity index (χ2n) is 7.23. The van der Waals surface area contributed by atoms with Crippen LogP contribution in [0.3, 0.4) is 0 Å². The quantitative estimate of drug-likeness (QED) is 0.512. The lowest BCUT2D eigenvalue weighted by Crippen LogP contribution is -2.43. The van der Waals surface area contributed by atoms with Crippen LogP contribution < -0.4 is 5.32 Å². The minimum Gasteiger partial charge on any atom is -0.356 e. The van der Waals surface area contributed by atoms with Gasteiger partial charge in [-0.05, 0) is 61.8 Å². The zero-order valence-corrected chi connectivity index (χ0v) is 18.3. The smallest absolute Gasteiger partial charge is 0.243 e. The van der Waals surface area contributed by atoms with Crippen LogP contribution in [0.2, 0.25) is 0 Å². The molecule has 29 heavy (non-hydrogen) atoms. The van der Waals surface area contributed by atoms with Gasteiger partial charge in [0.15, 0.2) is 0 Å². The molecule has 0 atom stereocenters. The average Bonchev–Trinajstić information content (AvgIpc) is 2.77. The number of rotatable bonds is 8. The second kappa shape index (κ2) is 10.3. The highest BCUT2D eigenvalue weighted by molar-refractivity contribution is 7.98. The number of piperidine rings is 1. The van der Waals surface area contributed by atoms with E-state index in [-0.39, 0.29) is 11.8 Å². The topological polar surface area (TPSA) is 66.5 Å². The Bertz CT molecular complexity index is 891. The molecule has 1 saturated heterocycles. The van der Waals surface area contributed by atoms with Crippen LogP contribution in [-0.4, -0.2) is 44.5 Å². The molecule has 5 nitrogen and oxygen atoms in total. The summed E-state index contributed by atoms with van der Waals surface area (Å²) in [5.74, 6) is -0.0727. The highest BCUT2D eigenvalue weighted by atomic mass is 32.2. The molecule has 1 fully saturated rings. The summed E-state index contributed by atoms with van der Waals surface area (Å²) in [5.41, 5.74) is 1.27. The zero-order valence-electron chi connectivity index (χ0n) is 16.7. The second-order valence-corrected chi connectivity index (χ2v) is 10.1. The van der Waals surface area contributed by atoms with E-state index in [0.29, 0.717) is 37.4 Å². The van der Waals surface area contributed by atoms with Gasteiger partial charge in [0, 0.05) is 30.4 Å². The van der Waals surface area contributed by atoms with Crippen molar-refractivity contribution in [1.82, 2.24) is 9.62 Å². The summed E-state index contributed by atoms with van der Waals surface area (Å²) in [5, 5.41) is 3.01. The SMILES string of the molecule is CSc1ccc(S(=O)(=O)N2CCC(C(=O)NCCCc3ccccc3)CC2)cc1. The van der Waals surface area contributed by atoms with Crippen molar-refractivity contribution < 1.29 is 13.2 Å². The highest BCUT2D eigenvalue weighted by Gasteiger charge is 2.31. The number of sulfonamides is 1. The van der Waals surface area contributed by atoms with Gasteiger partial charge in [-0.15, -0.1) is 11.8 Å². The molecule has 1 heterocycles. The minimum absolute atomic E-state index is 0.0411. The summed E-state index contributed by atoms with van der Waals surface area (Å²) in [4.78, 5) is 13.8. The van der Waals surface area contributed by atoms with E-state index in [1.54, 1.807) is 23.9 Å². The van der Waals surface area contributed by atoms with E-state index in [4.69, 9.17) is 0 Å². The molecule has 7 heteroatoms. The summed E-state index contributed by atoms with van der Waals surface area (Å²) >= 11 is 1.58. The Hall–Kier alpha value is -1.83. The van der Waals surface area contributed by atoms with Crippen LogP contribution in [-0.2, 0) is 21.2 Å². The molecule has 2 aromatic rings. The highest BCUT2D eigenvalue weighted by Crippen LogP contribution is 2.25. The van der Waals surface area contributed by atoms with Crippen LogP contribution >= 0.6 is 11.8 Å². The normalized spacial score (nSPS) is 15.9. The predicted octanol–water partition coefficient (Wildman–Crippen LogP) is 3.56. The third-order valence-electron chi connectivity index (χ3n) is 5.31. The summed E-state index contributed by atoms with van der Waals surface area (Å²) in [6.45, 7) is 1.41. The van der Waals surface area contributed by atoms with Crippen LogP contribution in [0.25, 0.3) is 0 Å². The van der Waals surface area contributed by atoms with Gasteiger partial charge >= 0.3 is 0 Å². The molecule has 0 unspecified atom stereocenters. The number of amides is 1. The van der Waals surface area contributed by atoms with E-state index in [2.05, 4.69) is 17.4 Å². The first kappa shape index (κ1) is 21.9. The van der Waals surface area contributed by atoms with Crippen molar-refractivity contribution in [2.75, 3.05) is 25.9 Å². The van der Waals surface area contributed by atoms with Crippen molar-refractivity contribution in [1.29, 1.82) is 0 Å². The van der Waals surface area contributed by atoms with E-state index < -0.39 is 10.0 Å². The van der Waals surface area contributed by atoms with Crippen LogP contribution in [0.4, 0.5) is 0 Å². The molecule has 156 valence electrons. The number of nitrogens with zero attached hydrogens (tertiary/aromatic N) is 1. The van der Waals surface area contributed by atoms with E-state index in [0.717, 1.165) is 17.7 Å². The number of hydrogen-bond donors (Lipinski definition) is 1. The maximum atomic E-state index is 12.8. The van der Waals surface area contributed by atoms with Crippen molar-refractivity contribution in [3.05, 3.63) is 60.2 Å². The van der Waals surface area contributed by atoms with E-state index >= 15 is 0 Å². The lowest BCUT2D eigenvalue weighted by atomic mass is 9.97. The Morgan fingerprint density at radius 1 is 1.07 bits per heavy atom. The average molecular weight is 433 g/mol. The van der Waals surface area contributed by atoms with Gasteiger partial charge in [-0.3, -0.25) is 4.79 Å². The molecule has 1 amide bonds. The molecule has 3 rings (SSSR count). The molecule has 1 aliphatic rings. The van der Waals surface area contributed by atoms with E-state index in [9.17, 15) is 13.2 Å². The Balaban J connectivity index is 1.44. The number of carbonyl (C=O) groups excluding carboxylic acids is 1. The fourth-order valence-corrected chi connectivity index (χ4v) is 5.43. The van der Waals surface area contributed by atoms with Crippen molar-refractivity contribution in [3.8, 4) is 0 Å². The van der Waals surface area contributed by atoms with Gasteiger partial charge in [-0.1, -0.05) is 30.3 Å². The molecule has 0 spiro atoms. The Labute approximate surface area is 177 Å². The van der Waals surface area contributed by atoms with Crippen molar-refractivity contribution >= 4 is 27.7 Å². The molecular weight excluding hydrogens is 404 g/mol. The molecule has 1 aliphatic heterocycles. The van der Waals surface area contributed by atoms with Gasteiger partial charge in [-0.25, -0.2) is 8.42 Å². The maximum Gasteiger partial charge on any atom is 0.243 e. The van der Waals surface area contributed by atoms with Gasteiger partial charge in [0.05, 0.1) is 4.90 Å². The third kappa shape index (κ3) is 5.84. The monoisotopic (exact) mass is 432 g/mol. The van der Waals surface area contributed by atoms with Crippen molar-refractivity contribution in [2.45, 2.75) is 35.5 Å². The van der Waals surface area contributed by atoms with Gasteiger partial charge in [0.25, 0.3) is 0 Å². The van der Waals surface area contributed by atoms with E-state index in [1.165, 1.54) is 9.87 Å². The van der Waals surface area contributed by atoms with Crippen LogP contribution in [0.15, 0.2) is 64.4 Å². The molecule has 0 radical (unpaired) electrons. The standard InChI is InChI=1S/C22H28N2O3S2/c1-28-20-9-11-21(12-10-20)29(26,27)24-16-13-19(14-17-24)22(25)23-15-5-8-18-6-3-2-4-7-18/h2-4,6-7,9-12,19H,5,8,13-17H2,1H3,(H,23,25). The lowest BCUT2D eigenvalue weighted by Gasteiger charge is -2.30. The van der Waals surface area contributed by atoms with Crippen molar-refractivity contribution in [2.24, 2.45) is 5.92 Å². The number of benzene rings is 2. The number of carbonyl (C=O) groups is 1. The molecule has 0 aromatic heterocycles. The summed E-state index contributed by atoms with van der Waals surface area (Å²) < 4.78 is 27.2. The maximum absolute atomic E-state index is 12.8. The molecule has 0 aliphatic carbocycles. The number of aryl methyl sites for hydroxylation is 1. The van der Waals surface area contributed by atoms with E-state index in [1.807, 2.05) is 36.6 Å². The zero-order chi connectivity index (χ0) is 20.7. The molecule has 0 saturated carbocycles. The Kier molecular flexibility index (Phi) is 7.75. The fourth-order valence-electron chi connectivity index (χ4n) is 3.55. The first-order chi connectivity index (χ1) is 14.0. The Morgan fingerprint density at radius 2 is 1.72 bits per heavy atom.